The molecule has 1 heterocycles. The lowest BCUT2D eigenvalue weighted by atomic mass is 9.94. The van der Waals surface area contributed by atoms with Crippen molar-refractivity contribution < 1.29 is 4.79 Å². The molecule has 0 saturated carbocycles. The molecule has 1 unspecified atom stereocenters. The largest absolute Gasteiger partial charge is 0.385 e. The van der Waals surface area contributed by atoms with Crippen LogP contribution in [0.5, 0.6) is 0 Å². The highest BCUT2D eigenvalue weighted by atomic mass is 32.2. The van der Waals surface area contributed by atoms with Gasteiger partial charge in [0.2, 0.25) is 5.91 Å². The van der Waals surface area contributed by atoms with Crippen LogP contribution in [0.1, 0.15) is 19.3 Å². The van der Waals surface area contributed by atoms with Gasteiger partial charge in [-0.15, -0.1) is 11.8 Å². The number of hydrogen-bond donors (Lipinski definition) is 2. The molecule has 1 atom stereocenters. The molecule has 2 aliphatic rings. The predicted molar refractivity (Wildman–Crippen MR) is 80.8 cm³/mol. The Labute approximate surface area is 117 Å². The van der Waals surface area contributed by atoms with Crippen LogP contribution in [-0.4, -0.2) is 18.2 Å². The quantitative estimate of drug-likeness (QED) is 0.829. The molecule has 3 rings (SSSR count). The molecule has 4 heteroatoms. The van der Waals surface area contributed by atoms with E-state index in [1.54, 1.807) is 11.8 Å². The van der Waals surface area contributed by atoms with Crippen LogP contribution in [0.4, 0.5) is 11.4 Å². The highest BCUT2D eigenvalue weighted by Crippen LogP contribution is 2.33. The van der Waals surface area contributed by atoms with E-state index in [4.69, 9.17) is 0 Å². The molecule has 0 aromatic heterocycles. The van der Waals surface area contributed by atoms with Gasteiger partial charge in [-0.3, -0.25) is 4.79 Å². The summed E-state index contributed by atoms with van der Waals surface area (Å²) >= 11 is 1.60. The molecule has 1 amide bonds. The van der Waals surface area contributed by atoms with Crippen LogP contribution >= 0.6 is 11.8 Å². The van der Waals surface area contributed by atoms with Gasteiger partial charge in [-0.05, 0) is 43.4 Å². The number of hydrogen-bond acceptors (Lipinski definition) is 3. The number of amides is 1. The standard InChI is InChI=1S/C15H18N2OS/c18-15-10-19-14-7-6-12(8-13(14)17-15)16-9-11-4-2-1-3-5-11/h1-2,6-8,11,16H,3-5,9-10H2,(H,17,18). The molecule has 0 radical (unpaired) electrons. The zero-order valence-corrected chi connectivity index (χ0v) is 11.6. The topological polar surface area (TPSA) is 41.1 Å². The summed E-state index contributed by atoms with van der Waals surface area (Å²) < 4.78 is 0. The van der Waals surface area contributed by atoms with E-state index in [0.29, 0.717) is 5.75 Å². The number of carbonyl (C=O) groups is 1. The third-order valence-corrected chi connectivity index (χ3v) is 4.66. The minimum atomic E-state index is 0.0899. The summed E-state index contributed by atoms with van der Waals surface area (Å²) in [6.45, 7) is 1.00. The smallest absolute Gasteiger partial charge is 0.234 e. The van der Waals surface area contributed by atoms with Crippen LogP contribution in [0, 0.1) is 5.92 Å². The first-order valence-corrected chi connectivity index (χ1v) is 7.75. The van der Waals surface area contributed by atoms with E-state index in [2.05, 4.69) is 34.9 Å². The molecule has 0 fully saturated rings. The summed E-state index contributed by atoms with van der Waals surface area (Å²) in [6, 6.07) is 6.22. The molecule has 19 heavy (non-hydrogen) atoms. The van der Waals surface area contributed by atoms with E-state index in [9.17, 15) is 4.79 Å². The Morgan fingerprint density at radius 2 is 2.32 bits per heavy atom. The van der Waals surface area contributed by atoms with Crippen LogP contribution in [-0.2, 0) is 4.79 Å². The second-order valence-corrected chi connectivity index (χ2v) is 6.10. The number of nitrogens with one attached hydrogen (secondary N) is 2. The normalized spacial score (nSPS) is 21.7. The van der Waals surface area contributed by atoms with E-state index < -0.39 is 0 Å². The monoisotopic (exact) mass is 274 g/mol. The Balaban J connectivity index is 1.63. The lowest BCUT2D eigenvalue weighted by molar-refractivity contribution is -0.113. The number of carbonyl (C=O) groups excluding carboxylic acids is 1. The van der Waals surface area contributed by atoms with Crippen molar-refractivity contribution in [1.29, 1.82) is 0 Å². The average molecular weight is 274 g/mol. The van der Waals surface area contributed by atoms with Gasteiger partial charge in [-0.2, -0.15) is 0 Å². The Hall–Kier alpha value is -1.42. The Morgan fingerprint density at radius 3 is 3.16 bits per heavy atom. The number of benzene rings is 1. The minimum absolute atomic E-state index is 0.0899. The van der Waals surface area contributed by atoms with Gasteiger partial charge in [0.15, 0.2) is 0 Å². The van der Waals surface area contributed by atoms with E-state index in [1.165, 1.54) is 19.3 Å². The van der Waals surface area contributed by atoms with Gasteiger partial charge in [-0.1, -0.05) is 12.2 Å². The Morgan fingerprint density at radius 1 is 1.37 bits per heavy atom. The van der Waals surface area contributed by atoms with Crippen molar-refractivity contribution in [3.8, 4) is 0 Å². The second-order valence-electron chi connectivity index (χ2n) is 5.08. The van der Waals surface area contributed by atoms with Crippen molar-refractivity contribution in [3.05, 3.63) is 30.4 Å². The molecule has 100 valence electrons. The van der Waals surface area contributed by atoms with Crippen molar-refractivity contribution in [1.82, 2.24) is 0 Å². The van der Waals surface area contributed by atoms with Crippen molar-refractivity contribution in [2.24, 2.45) is 5.92 Å². The second kappa shape index (κ2) is 5.70. The summed E-state index contributed by atoms with van der Waals surface area (Å²) in [5.41, 5.74) is 2.03. The van der Waals surface area contributed by atoms with Crippen LogP contribution < -0.4 is 10.6 Å². The first kappa shape index (κ1) is 12.6. The van der Waals surface area contributed by atoms with Crippen molar-refractivity contribution >= 4 is 29.0 Å². The molecule has 1 aliphatic heterocycles. The zero-order valence-electron chi connectivity index (χ0n) is 10.8. The molecule has 1 aromatic carbocycles. The number of anilines is 2. The molecule has 1 aliphatic carbocycles. The molecule has 0 spiro atoms. The maximum Gasteiger partial charge on any atom is 0.234 e. The third-order valence-electron chi connectivity index (χ3n) is 3.58. The minimum Gasteiger partial charge on any atom is -0.385 e. The summed E-state index contributed by atoms with van der Waals surface area (Å²) in [7, 11) is 0. The van der Waals surface area contributed by atoms with Crippen LogP contribution in [0.2, 0.25) is 0 Å². The highest BCUT2D eigenvalue weighted by Gasteiger charge is 2.15. The van der Waals surface area contributed by atoms with Gasteiger partial charge in [0.25, 0.3) is 0 Å². The predicted octanol–water partition coefficient (Wildman–Crippen LogP) is 3.50. The number of rotatable bonds is 3. The fraction of sp³-hybridized carbons (Fsp3) is 0.400. The average Bonchev–Trinajstić information content (AvgIpc) is 2.46. The van der Waals surface area contributed by atoms with E-state index in [-0.39, 0.29) is 5.91 Å². The van der Waals surface area contributed by atoms with Gasteiger partial charge in [-0.25, -0.2) is 0 Å². The SMILES string of the molecule is O=C1CSc2ccc(NCC3CC=CCC3)cc2N1. The van der Waals surface area contributed by atoms with Gasteiger partial charge >= 0.3 is 0 Å². The van der Waals surface area contributed by atoms with Crippen molar-refractivity contribution in [2.75, 3.05) is 22.9 Å². The van der Waals surface area contributed by atoms with Crippen molar-refractivity contribution in [2.45, 2.75) is 24.2 Å². The number of allylic oxidation sites excluding steroid dienone is 2. The maximum atomic E-state index is 11.4. The Bertz CT molecular complexity index is 513. The molecule has 3 nitrogen and oxygen atoms in total. The fourth-order valence-corrected chi connectivity index (χ4v) is 3.29. The summed E-state index contributed by atoms with van der Waals surface area (Å²) in [4.78, 5) is 12.5. The van der Waals surface area contributed by atoms with Crippen LogP contribution in [0.15, 0.2) is 35.2 Å². The first-order chi connectivity index (χ1) is 9.31. The summed E-state index contributed by atoms with van der Waals surface area (Å²) in [5, 5.41) is 6.41. The summed E-state index contributed by atoms with van der Waals surface area (Å²) in [6.07, 6.45) is 8.18. The zero-order chi connectivity index (χ0) is 13.1. The van der Waals surface area contributed by atoms with E-state index in [0.717, 1.165) is 28.7 Å². The molecular weight excluding hydrogens is 256 g/mol. The molecule has 0 saturated heterocycles. The molecule has 2 N–H and O–H groups in total. The van der Waals surface area contributed by atoms with Crippen LogP contribution in [0.25, 0.3) is 0 Å². The van der Waals surface area contributed by atoms with Gasteiger partial charge in [0.1, 0.15) is 0 Å². The molecular formula is C15H18N2OS. The van der Waals surface area contributed by atoms with E-state index in [1.807, 2.05) is 6.07 Å². The Kier molecular flexibility index (Phi) is 3.78. The lowest BCUT2D eigenvalue weighted by Gasteiger charge is -2.21. The first-order valence-electron chi connectivity index (χ1n) is 6.77. The maximum absolute atomic E-state index is 11.4. The van der Waals surface area contributed by atoms with E-state index >= 15 is 0 Å². The van der Waals surface area contributed by atoms with Gasteiger partial charge in [0.05, 0.1) is 11.4 Å². The lowest BCUT2D eigenvalue weighted by Crippen LogP contribution is -2.19. The number of fused-ring (bicyclic) bond motifs is 1. The van der Waals surface area contributed by atoms with Crippen molar-refractivity contribution in [3.63, 3.8) is 0 Å². The number of thioether (sulfide) groups is 1. The summed E-state index contributed by atoms with van der Waals surface area (Å²) in [5.74, 6) is 1.34. The fourth-order valence-electron chi connectivity index (χ4n) is 2.50. The van der Waals surface area contributed by atoms with Gasteiger partial charge < -0.3 is 10.6 Å². The highest BCUT2D eigenvalue weighted by molar-refractivity contribution is 8.00. The molecule has 0 bridgehead atoms. The third kappa shape index (κ3) is 3.13. The van der Waals surface area contributed by atoms with Gasteiger partial charge in [0, 0.05) is 17.1 Å². The van der Waals surface area contributed by atoms with Crippen LogP contribution in [0.3, 0.4) is 0 Å². The molecule has 1 aromatic rings.